The molecular weight excluding hydrogens is 396 g/mol. The van der Waals surface area contributed by atoms with Gasteiger partial charge in [0.05, 0.1) is 12.6 Å². The van der Waals surface area contributed by atoms with Crippen molar-refractivity contribution in [3.63, 3.8) is 0 Å². The van der Waals surface area contributed by atoms with Gasteiger partial charge < -0.3 is 5.32 Å². The van der Waals surface area contributed by atoms with E-state index in [4.69, 9.17) is 0 Å². The van der Waals surface area contributed by atoms with Gasteiger partial charge in [0.15, 0.2) is 11.6 Å². The van der Waals surface area contributed by atoms with E-state index in [9.17, 15) is 13.6 Å². The molecule has 3 aromatic carbocycles. The molecule has 1 heterocycles. The standard InChI is InChI=1S/C25H21F2N3O/c1-17(20-11-12-23(26)24(27)15-20)29-25(31)22-6-3-2-5-21(22)19-9-7-18(8-10-19)16-30-14-4-13-28-30/h2-15,17H,16H2,1H3,(H,29,31)/t17-/m1/s1. The maximum atomic E-state index is 13.5. The molecule has 156 valence electrons. The fourth-order valence-corrected chi connectivity index (χ4v) is 3.44. The Morgan fingerprint density at radius 2 is 1.77 bits per heavy atom. The first-order valence-corrected chi connectivity index (χ1v) is 9.93. The summed E-state index contributed by atoms with van der Waals surface area (Å²) in [7, 11) is 0. The third-order valence-electron chi connectivity index (χ3n) is 5.13. The fraction of sp³-hybridized carbons (Fsp3) is 0.120. The Labute approximate surface area is 179 Å². The van der Waals surface area contributed by atoms with Crippen molar-refractivity contribution in [3.05, 3.63) is 114 Å². The normalized spacial score (nSPS) is 11.8. The second-order valence-corrected chi connectivity index (χ2v) is 7.31. The van der Waals surface area contributed by atoms with Gasteiger partial charge in [0, 0.05) is 18.0 Å². The SMILES string of the molecule is C[C@@H](NC(=O)c1ccccc1-c1ccc(Cn2cccn2)cc1)c1ccc(F)c(F)c1. The van der Waals surface area contributed by atoms with E-state index in [1.807, 2.05) is 53.3 Å². The van der Waals surface area contributed by atoms with Crippen LogP contribution in [0.15, 0.2) is 85.2 Å². The Kier molecular flexibility index (Phi) is 5.89. The number of amides is 1. The molecule has 0 fully saturated rings. The van der Waals surface area contributed by atoms with Crippen LogP contribution in [0.5, 0.6) is 0 Å². The molecule has 4 rings (SSSR count). The van der Waals surface area contributed by atoms with Gasteiger partial charge in [-0.15, -0.1) is 0 Å². The van der Waals surface area contributed by atoms with Crippen molar-refractivity contribution in [2.45, 2.75) is 19.5 Å². The van der Waals surface area contributed by atoms with Gasteiger partial charge in [-0.1, -0.05) is 48.5 Å². The van der Waals surface area contributed by atoms with Crippen LogP contribution in [0.25, 0.3) is 11.1 Å². The van der Waals surface area contributed by atoms with Gasteiger partial charge in [0.2, 0.25) is 0 Å². The van der Waals surface area contributed by atoms with Gasteiger partial charge in [-0.3, -0.25) is 9.48 Å². The first-order chi connectivity index (χ1) is 15.0. The van der Waals surface area contributed by atoms with E-state index in [2.05, 4.69) is 10.4 Å². The van der Waals surface area contributed by atoms with Crippen LogP contribution in [0, 0.1) is 11.6 Å². The number of hydrogen-bond acceptors (Lipinski definition) is 2. The molecule has 0 saturated heterocycles. The number of aromatic nitrogens is 2. The smallest absolute Gasteiger partial charge is 0.252 e. The van der Waals surface area contributed by atoms with E-state index in [1.54, 1.807) is 25.3 Å². The predicted molar refractivity (Wildman–Crippen MR) is 115 cm³/mol. The van der Waals surface area contributed by atoms with Gasteiger partial charge >= 0.3 is 0 Å². The first-order valence-electron chi connectivity index (χ1n) is 9.93. The number of halogens is 2. The zero-order valence-corrected chi connectivity index (χ0v) is 16.9. The monoisotopic (exact) mass is 417 g/mol. The molecule has 0 radical (unpaired) electrons. The Bertz CT molecular complexity index is 1190. The van der Waals surface area contributed by atoms with Crippen LogP contribution in [0.4, 0.5) is 8.78 Å². The molecular formula is C25H21F2N3O. The summed E-state index contributed by atoms with van der Waals surface area (Å²) in [6, 6.07) is 20.3. The van der Waals surface area contributed by atoms with Gasteiger partial charge in [0.1, 0.15) is 0 Å². The summed E-state index contributed by atoms with van der Waals surface area (Å²) in [6.07, 6.45) is 3.65. The number of benzene rings is 3. The lowest BCUT2D eigenvalue weighted by Gasteiger charge is -2.16. The highest BCUT2D eigenvalue weighted by Gasteiger charge is 2.16. The van der Waals surface area contributed by atoms with Crippen LogP contribution in [-0.2, 0) is 6.54 Å². The quantitative estimate of drug-likeness (QED) is 0.459. The molecule has 6 heteroatoms. The van der Waals surface area contributed by atoms with Crippen molar-refractivity contribution >= 4 is 5.91 Å². The molecule has 0 aliphatic heterocycles. The Hall–Kier alpha value is -3.80. The molecule has 0 aliphatic rings. The molecule has 1 N–H and O–H groups in total. The van der Waals surface area contributed by atoms with E-state index in [0.29, 0.717) is 17.7 Å². The molecule has 1 aromatic heterocycles. The summed E-state index contributed by atoms with van der Waals surface area (Å²) in [5, 5.41) is 7.08. The molecule has 0 bridgehead atoms. The fourth-order valence-electron chi connectivity index (χ4n) is 3.44. The lowest BCUT2D eigenvalue weighted by Crippen LogP contribution is -2.27. The van der Waals surface area contributed by atoms with Crippen LogP contribution in [0.3, 0.4) is 0 Å². The van der Waals surface area contributed by atoms with Gasteiger partial charge in [-0.2, -0.15) is 5.10 Å². The second-order valence-electron chi connectivity index (χ2n) is 7.31. The van der Waals surface area contributed by atoms with E-state index < -0.39 is 17.7 Å². The molecule has 0 saturated carbocycles. The minimum atomic E-state index is -0.936. The molecule has 4 aromatic rings. The van der Waals surface area contributed by atoms with Gasteiger partial charge in [0.25, 0.3) is 5.91 Å². The van der Waals surface area contributed by atoms with E-state index in [1.165, 1.54) is 6.07 Å². The number of nitrogens with zero attached hydrogens (tertiary/aromatic N) is 2. The highest BCUT2D eigenvalue weighted by atomic mass is 19.2. The summed E-state index contributed by atoms with van der Waals surface area (Å²) >= 11 is 0. The van der Waals surface area contributed by atoms with Crippen LogP contribution in [0.2, 0.25) is 0 Å². The van der Waals surface area contributed by atoms with Crippen molar-refractivity contribution in [1.29, 1.82) is 0 Å². The summed E-state index contributed by atoms with van der Waals surface area (Å²) in [4.78, 5) is 13.0. The van der Waals surface area contributed by atoms with Crippen molar-refractivity contribution in [3.8, 4) is 11.1 Å². The summed E-state index contributed by atoms with van der Waals surface area (Å²) < 4.78 is 28.6. The number of carbonyl (C=O) groups excluding carboxylic acids is 1. The maximum Gasteiger partial charge on any atom is 0.252 e. The predicted octanol–water partition coefficient (Wildman–Crippen LogP) is 5.37. The summed E-state index contributed by atoms with van der Waals surface area (Å²) in [6.45, 7) is 2.40. The Morgan fingerprint density at radius 1 is 1.00 bits per heavy atom. The van der Waals surface area contributed by atoms with Crippen molar-refractivity contribution in [2.24, 2.45) is 0 Å². The molecule has 31 heavy (non-hydrogen) atoms. The molecule has 0 unspecified atom stereocenters. The van der Waals surface area contributed by atoms with Crippen LogP contribution >= 0.6 is 0 Å². The first kappa shape index (κ1) is 20.5. The topological polar surface area (TPSA) is 46.9 Å². The molecule has 1 atom stereocenters. The van der Waals surface area contributed by atoms with E-state index >= 15 is 0 Å². The zero-order chi connectivity index (χ0) is 21.8. The lowest BCUT2D eigenvalue weighted by molar-refractivity contribution is 0.0940. The van der Waals surface area contributed by atoms with Crippen LogP contribution in [0.1, 0.15) is 34.5 Å². The molecule has 1 amide bonds. The lowest BCUT2D eigenvalue weighted by atomic mass is 9.97. The largest absolute Gasteiger partial charge is 0.345 e. The third kappa shape index (κ3) is 4.69. The van der Waals surface area contributed by atoms with Gasteiger partial charge in [-0.05, 0) is 53.4 Å². The average molecular weight is 417 g/mol. The van der Waals surface area contributed by atoms with Crippen LogP contribution < -0.4 is 5.32 Å². The maximum absolute atomic E-state index is 13.5. The number of hydrogen-bond donors (Lipinski definition) is 1. The van der Waals surface area contributed by atoms with E-state index in [-0.39, 0.29) is 5.91 Å². The highest BCUT2D eigenvalue weighted by molar-refractivity contribution is 6.01. The average Bonchev–Trinajstić information content (AvgIpc) is 3.29. The molecule has 4 nitrogen and oxygen atoms in total. The number of rotatable bonds is 6. The minimum absolute atomic E-state index is 0.284. The molecule has 0 aliphatic carbocycles. The van der Waals surface area contributed by atoms with Crippen molar-refractivity contribution in [1.82, 2.24) is 15.1 Å². The minimum Gasteiger partial charge on any atom is -0.345 e. The third-order valence-corrected chi connectivity index (χ3v) is 5.13. The highest BCUT2D eigenvalue weighted by Crippen LogP contribution is 2.25. The van der Waals surface area contributed by atoms with Crippen molar-refractivity contribution in [2.75, 3.05) is 0 Å². The summed E-state index contributed by atoms with van der Waals surface area (Å²) in [5.41, 5.74) is 3.81. The Morgan fingerprint density at radius 3 is 2.48 bits per heavy atom. The van der Waals surface area contributed by atoms with Gasteiger partial charge in [-0.25, -0.2) is 8.78 Å². The Balaban J connectivity index is 1.53. The summed E-state index contributed by atoms with van der Waals surface area (Å²) in [5.74, 6) is -2.13. The molecule has 0 spiro atoms. The number of carbonyl (C=O) groups is 1. The van der Waals surface area contributed by atoms with Crippen molar-refractivity contribution < 1.29 is 13.6 Å². The zero-order valence-electron chi connectivity index (χ0n) is 16.9. The van der Waals surface area contributed by atoms with Crippen LogP contribution in [-0.4, -0.2) is 15.7 Å². The second kappa shape index (κ2) is 8.92. The van der Waals surface area contributed by atoms with E-state index in [0.717, 1.165) is 28.8 Å². The number of nitrogens with one attached hydrogen (secondary N) is 1.